The summed E-state index contributed by atoms with van der Waals surface area (Å²) >= 11 is 7.73. The maximum absolute atomic E-state index is 12.3. The smallest absolute Gasteiger partial charge is 0.286 e. The zero-order valence-electron chi connectivity index (χ0n) is 15.1. The first-order valence-electron chi connectivity index (χ1n) is 8.94. The predicted molar refractivity (Wildman–Crippen MR) is 114 cm³/mol. The van der Waals surface area contributed by atoms with Crippen molar-refractivity contribution in [2.24, 2.45) is 4.99 Å². The Kier molecular flexibility index (Phi) is 5.23. The van der Waals surface area contributed by atoms with E-state index in [-0.39, 0.29) is 5.91 Å². The Morgan fingerprint density at radius 1 is 1.04 bits per heavy atom. The molecule has 138 valence electrons. The van der Waals surface area contributed by atoms with Crippen LogP contribution in [0.25, 0.3) is 6.08 Å². The number of hydrogen-bond acceptors (Lipinski definition) is 4. The topological polar surface area (TPSA) is 35.9 Å². The Hall–Kier alpha value is -2.24. The molecule has 4 rings (SSSR count). The Bertz CT molecular complexity index is 918. The zero-order valence-corrected chi connectivity index (χ0v) is 16.6. The van der Waals surface area contributed by atoms with Crippen LogP contribution in [-0.2, 0) is 4.79 Å². The minimum absolute atomic E-state index is 0.147. The van der Waals surface area contributed by atoms with Crippen LogP contribution in [0.5, 0.6) is 0 Å². The predicted octanol–water partition coefficient (Wildman–Crippen LogP) is 4.44. The van der Waals surface area contributed by atoms with Gasteiger partial charge in [-0.25, -0.2) is 0 Å². The summed E-state index contributed by atoms with van der Waals surface area (Å²) in [5.74, 6) is -0.147. The second-order valence-electron chi connectivity index (χ2n) is 6.63. The lowest BCUT2D eigenvalue weighted by Crippen LogP contribution is -2.47. The first-order valence-corrected chi connectivity index (χ1v) is 10.1. The van der Waals surface area contributed by atoms with Gasteiger partial charge in [-0.2, -0.15) is 4.99 Å². The van der Waals surface area contributed by atoms with Gasteiger partial charge in [0.15, 0.2) is 5.17 Å². The van der Waals surface area contributed by atoms with Crippen molar-refractivity contribution >= 4 is 46.2 Å². The van der Waals surface area contributed by atoms with Crippen molar-refractivity contribution in [2.75, 3.05) is 31.1 Å². The fourth-order valence-corrected chi connectivity index (χ4v) is 4.31. The van der Waals surface area contributed by atoms with Gasteiger partial charge in [-0.3, -0.25) is 4.79 Å². The van der Waals surface area contributed by atoms with Crippen LogP contribution >= 0.6 is 23.4 Å². The van der Waals surface area contributed by atoms with E-state index in [2.05, 4.69) is 26.9 Å². The van der Waals surface area contributed by atoms with Crippen LogP contribution in [0.1, 0.15) is 11.1 Å². The van der Waals surface area contributed by atoms with E-state index in [9.17, 15) is 4.79 Å². The molecule has 0 aliphatic carbocycles. The minimum Gasteiger partial charge on any atom is -0.368 e. The normalized spacial score (nSPS) is 19.0. The van der Waals surface area contributed by atoms with Gasteiger partial charge in [-0.15, -0.1) is 0 Å². The first-order chi connectivity index (χ1) is 13.1. The summed E-state index contributed by atoms with van der Waals surface area (Å²) in [6, 6.07) is 16.1. The molecule has 27 heavy (non-hydrogen) atoms. The number of benzene rings is 2. The quantitative estimate of drug-likeness (QED) is 0.702. The third-order valence-corrected chi connectivity index (χ3v) is 6.23. The van der Waals surface area contributed by atoms with Crippen LogP contribution in [0, 0.1) is 6.92 Å². The standard InChI is InChI=1S/C21H20ClN3OS/c1-15-7-8-17(14-18(15)22)24-9-11-25(12-10-24)21-23-20(26)19(27-21)13-16-5-3-2-4-6-16/h2-8,13-14H,9-12H2,1H3. The number of amides is 1. The van der Waals surface area contributed by atoms with Gasteiger partial charge >= 0.3 is 0 Å². The number of hydrogen-bond donors (Lipinski definition) is 0. The van der Waals surface area contributed by atoms with Crippen molar-refractivity contribution in [3.8, 4) is 0 Å². The fourth-order valence-electron chi connectivity index (χ4n) is 3.17. The molecule has 0 bridgehead atoms. The Labute approximate surface area is 168 Å². The molecule has 0 unspecified atom stereocenters. The van der Waals surface area contributed by atoms with E-state index in [1.165, 1.54) is 11.8 Å². The lowest BCUT2D eigenvalue weighted by atomic mass is 10.2. The van der Waals surface area contributed by atoms with Crippen LogP contribution in [0.4, 0.5) is 5.69 Å². The third-order valence-electron chi connectivity index (χ3n) is 4.78. The summed E-state index contributed by atoms with van der Waals surface area (Å²) in [6.07, 6.45) is 1.91. The molecule has 2 aliphatic heterocycles. The molecule has 1 amide bonds. The summed E-state index contributed by atoms with van der Waals surface area (Å²) in [7, 11) is 0. The van der Waals surface area contributed by atoms with E-state index >= 15 is 0 Å². The van der Waals surface area contributed by atoms with E-state index in [0.29, 0.717) is 4.91 Å². The number of piperazine rings is 1. The monoisotopic (exact) mass is 397 g/mol. The highest BCUT2D eigenvalue weighted by Crippen LogP contribution is 2.31. The Morgan fingerprint density at radius 3 is 2.44 bits per heavy atom. The fraction of sp³-hybridized carbons (Fsp3) is 0.238. The summed E-state index contributed by atoms with van der Waals surface area (Å²) in [4.78, 5) is 21.7. The second kappa shape index (κ2) is 7.79. The SMILES string of the molecule is Cc1ccc(N2CCN(C3=NC(=O)C(=Cc4ccccc4)S3)CC2)cc1Cl. The Morgan fingerprint density at radius 2 is 1.74 bits per heavy atom. The van der Waals surface area contributed by atoms with E-state index in [0.717, 1.165) is 53.2 Å². The lowest BCUT2D eigenvalue weighted by molar-refractivity contribution is -0.113. The van der Waals surface area contributed by atoms with Crippen LogP contribution in [0.3, 0.4) is 0 Å². The molecule has 4 nitrogen and oxygen atoms in total. The highest BCUT2D eigenvalue weighted by Gasteiger charge is 2.28. The molecule has 2 heterocycles. The van der Waals surface area contributed by atoms with Crippen LogP contribution in [0.2, 0.25) is 5.02 Å². The van der Waals surface area contributed by atoms with Crippen molar-refractivity contribution in [1.82, 2.24) is 4.90 Å². The molecule has 1 saturated heterocycles. The van der Waals surface area contributed by atoms with Gasteiger partial charge in [-0.1, -0.05) is 48.0 Å². The van der Waals surface area contributed by atoms with Crippen LogP contribution < -0.4 is 4.90 Å². The molecular formula is C21H20ClN3OS. The van der Waals surface area contributed by atoms with Gasteiger partial charge < -0.3 is 9.80 Å². The first kappa shape index (κ1) is 18.1. The van der Waals surface area contributed by atoms with Gasteiger partial charge in [0.25, 0.3) is 5.91 Å². The molecular weight excluding hydrogens is 378 g/mol. The van der Waals surface area contributed by atoms with Gasteiger partial charge in [0.05, 0.1) is 4.91 Å². The highest BCUT2D eigenvalue weighted by molar-refractivity contribution is 8.18. The summed E-state index contributed by atoms with van der Waals surface area (Å²) < 4.78 is 0. The number of aryl methyl sites for hydroxylation is 1. The molecule has 1 fully saturated rings. The van der Waals surface area contributed by atoms with Gasteiger partial charge in [0.2, 0.25) is 0 Å². The van der Waals surface area contributed by atoms with Crippen molar-refractivity contribution in [2.45, 2.75) is 6.92 Å². The van der Waals surface area contributed by atoms with E-state index in [1.807, 2.05) is 49.4 Å². The molecule has 2 aliphatic rings. The summed E-state index contributed by atoms with van der Waals surface area (Å²) in [5.41, 5.74) is 3.25. The molecule has 0 N–H and O–H groups in total. The number of amidine groups is 1. The number of nitrogens with zero attached hydrogens (tertiary/aromatic N) is 3. The van der Waals surface area contributed by atoms with Crippen molar-refractivity contribution < 1.29 is 4.79 Å². The summed E-state index contributed by atoms with van der Waals surface area (Å²) in [6.45, 7) is 5.44. The van der Waals surface area contributed by atoms with E-state index < -0.39 is 0 Å². The van der Waals surface area contributed by atoms with E-state index in [1.54, 1.807) is 0 Å². The van der Waals surface area contributed by atoms with Crippen molar-refractivity contribution in [1.29, 1.82) is 0 Å². The lowest BCUT2D eigenvalue weighted by Gasteiger charge is -2.36. The molecule has 2 aromatic rings. The Balaban J connectivity index is 1.40. The van der Waals surface area contributed by atoms with Gasteiger partial charge in [0.1, 0.15) is 0 Å². The van der Waals surface area contributed by atoms with Gasteiger partial charge in [0, 0.05) is 36.9 Å². The number of carbonyl (C=O) groups excluding carboxylic acids is 1. The molecule has 2 aromatic carbocycles. The average Bonchev–Trinajstić information content (AvgIpc) is 3.05. The average molecular weight is 398 g/mol. The van der Waals surface area contributed by atoms with Gasteiger partial charge in [-0.05, 0) is 48.0 Å². The molecule has 0 radical (unpaired) electrons. The zero-order chi connectivity index (χ0) is 18.8. The number of carbonyl (C=O) groups is 1. The number of anilines is 1. The number of halogens is 1. The van der Waals surface area contributed by atoms with Crippen molar-refractivity contribution in [3.05, 3.63) is 69.6 Å². The van der Waals surface area contributed by atoms with Crippen molar-refractivity contribution in [3.63, 3.8) is 0 Å². The third kappa shape index (κ3) is 4.04. The number of rotatable bonds is 2. The maximum atomic E-state index is 12.3. The van der Waals surface area contributed by atoms with E-state index in [4.69, 9.17) is 11.6 Å². The molecule has 0 atom stereocenters. The molecule has 6 heteroatoms. The summed E-state index contributed by atoms with van der Waals surface area (Å²) in [5, 5.41) is 1.61. The van der Waals surface area contributed by atoms with Crippen LogP contribution in [-0.4, -0.2) is 42.2 Å². The van der Waals surface area contributed by atoms with Crippen LogP contribution in [0.15, 0.2) is 58.4 Å². The second-order valence-corrected chi connectivity index (χ2v) is 8.04. The largest absolute Gasteiger partial charge is 0.368 e. The molecule has 0 spiro atoms. The molecule has 0 aromatic heterocycles. The molecule has 0 saturated carbocycles. The number of aliphatic imine (C=N–C) groups is 1. The maximum Gasteiger partial charge on any atom is 0.286 e. The highest BCUT2D eigenvalue weighted by atomic mass is 35.5. The number of thioether (sulfide) groups is 1. The minimum atomic E-state index is -0.147.